The van der Waals surface area contributed by atoms with E-state index < -0.39 is 0 Å². The predicted molar refractivity (Wildman–Crippen MR) is 107 cm³/mol. The molecule has 2 unspecified atom stereocenters. The minimum Gasteiger partial charge on any atom is -0.466 e. The molecule has 3 rings (SSSR count). The molecule has 2 aromatic heterocycles. The minimum absolute atomic E-state index is 0.0210. The normalized spacial score (nSPS) is 20.7. The maximum atomic E-state index is 12.6. The van der Waals surface area contributed by atoms with Gasteiger partial charge in [0.2, 0.25) is 5.88 Å². The Morgan fingerprint density at radius 3 is 2.70 bits per heavy atom. The quantitative estimate of drug-likeness (QED) is 0.889. The summed E-state index contributed by atoms with van der Waals surface area (Å²) < 4.78 is 7.51. The monoisotopic (exact) mass is 372 g/mol. The maximum Gasteiger partial charge on any atom is 0.258 e. The van der Waals surface area contributed by atoms with Gasteiger partial charge in [-0.25, -0.2) is 9.67 Å². The fraction of sp³-hybridized carbons (Fsp3) is 0.667. The van der Waals surface area contributed by atoms with E-state index in [1.807, 2.05) is 27.0 Å². The predicted octanol–water partition coefficient (Wildman–Crippen LogP) is 3.69. The van der Waals surface area contributed by atoms with E-state index in [0.29, 0.717) is 11.8 Å². The van der Waals surface area contributed by atoms with E-state index in [1.165, 1.54) is 19.3 Å². The van der Waals surface area contributed by atoms with Crippen molar-refractivity contribution >= 4 is 16.9 Å². The minimum atomic E-state index is -0.0762. The highest BCUT2D eigenvalue weighted by Gasteiger charge is 2.34. The van der Waals surface area contributed by atoms with Crippen LogP contribution in [0.25, 0.3) is 11.0 Å². The zero-order valence-corrected chi connectivity index (χ0v) is 17.4. The van der Waals surface area contributed by atoms with Crippen LogP contribution in [-0.4, -0.2) is 33.3 Å². The smallest absolute Gasteiger partial charge is 0.258 e. The molecule has 1 aliphatic rings. The number of nitrogens with zero attached hydrogens (tertiary/aromatic N) is 3. The molecule has 1 aliphatic carbocycles. The molecule has 0 radical (unpaired) electrons. The second-order valence-corrected chi connectivity index (χ2v) is 8.93. The largest absolute Gasteiger partial charge is 0.466 e. The molecular formula is C21H32N4O2. The molecule has 2 aromatic rings. The molecule has 1 saturated carbocycles. The molecule has 6 nitrogen and oxygen atoms in total. The van der Waals surface area contributed by atoms with Crippen LogP contribution in [0.15, 0.2) is 6.07 Å². The Hall–Kier alpha value is -2.11. The lowest BCUT2D eigenvalue weighted by molar-refractivity contribution is -0.124. The number of hydrogen-bond donors (Lipinski definition) is 1. The Bertz CT molecular complexity index is 835. The zero-order chi connectivity index (χ0) is 19.8. The molecule has 0 aromatic carbocycles. The Morgan fingerprint density at radius 2 is 2.00 bits per heavy atom. The van der Waals surface area contributed by atoms with Gasteiger partial charge in [0.15, 0.2) is 12.3 Å². The van der Waals surface area contributed by atoms with Crippen LogP contribution in [-0.2, 0) is 11.8 Å². The average molecular weight is 373 g/mol. The highest BCUT2D eigenvalue weighted by Crippen LogP contribution is 2.38. The van der Waals surface area contributed by atoms with Crippen molar-refractivity contribution in [3.8, 4) is 5.88 Å². The van der Waals surface area contributed by atoms with Gasteiger partial charge in [0.05, 0.1) is 5.39 Å². The summed E-state index contributed by atoms with van der Waals surface area (Å²) in [5.41, 5.74) is 2.97. The molecule has 1 N–H and O–H groups in total. The topological polar surface area (TPSA) is 69.0 Å². The number of carbonyl (C=O) groups is 1. The number of nitrogens with one attached hydrogen (secondary N) is 1. The first-order valence-corrected chi connectivity index (χ1v) is 9.90. The number of fused-ring (bicyclic) bond motifs is 1. The fourth-order valence-electron chi connectivity index (χ4n) is 4.37. The van der Waals surface area contributed by atoms with E-state index in [9.17, 15) is 4.79 Å². The highest BCUT2D eigenvalue weighted by atomic mass is 16.5. The van der Waals surface area contributed by atoms with Crippen molar-refractivity contribution in [3.05, 3.63) is 17.3 Å². The van der Waals surface area contributed by atoms with Crippen molar-refractivity contribution < 1.29 is 9.53 Å². The van der Waals surface area contributed by atoms with Gasteiger partial charge in [0.25, 0.3) is 5.91 Å². The molecule has 0 spiro atoms. The van der Waals surface area contributed by atoms with Crippen LogP contribution in [0.3, 0.4) is 0 Å². The Morgan fingerprint density at radius 1 is 1.30 bits per heavy atom. The Kier molecular flexibility index (Phi) is 5.45. The third-order valence-electron chi connectivity index (χ3n) is 5.65. The summed E-state index contributed by atoms with van der Waals surface area (Å²) in [6.45, 7) is 10.7. The van der Waals surface area contributed by atoms with E-state index in [-0.39, 0.29) is 24.0 Å². The summed E-state index contributed by atoms with van der Waals surface area (Å²) in [6.07, 6.45) is 4.64. The van der Waals surface area contributed by atoms with Crippen LogP contribution >= 0.6 is 0 Å². The molecule has 1 fully saturated rings. The molecule has 0 saturated heterocycles. The summed E-state index contributed by atoms with van der Waals surface area (Å²) in [5.74, 6) is 0.900. The maximum absolute atomic E-state index is 12.6. The van der Waals surface area contributed by atoms with Crippen LogP contribution in [0.4, 0.5) is 0 Å². The van der Waals surface area contributed by atoms with Crippen molar-refractivity contribution in [2.45, 2.75) is 66.3 Å². The number of carbonyl (C=O) groups excluding carboxylic acids is 1. The van der Waals surface area contributed by atoms with E-state index in [2.05, 4.69) is 36.2 Å². The van der Waals surface area contributed by atoms with Crippen molar-refractivity contribution in [2.24, 2.45) is 18.4 Å². The molecule has 1 amide bonds. The summed E-state index contributed by atoms with van der Waals surface area (Å²) in [7, 11) is 1.84. The summed E-state index contributed by atoms with van der Waals surface area (Å²) in [4.78, 5) is 17.1. The molecule has 2 heterocycles. The van der Waals surface area contributed by atoms with Crippen LogP contribution in [0.2, 0.25) is 0 Å². The molecule has 148 valence electrons. The first kappa shape index (κ1) is 19.6. The lowest BCUT2D eigenvalue weighted by Crippen LogP contribution is -2.48. The lowest BCUT2D eigenvalue weighted by Gasteiger charge is -2.40. The van der Waals surface area contributed by atoms with Gasteiger partial charge in [-0.15, -0.1) is 5.10 Å². The molecule has 0 aliphatic heterocycles. The number of amides is 1. The Balaban J connectivity index is 1.68. The number of aryl methyl sites for hydroxylation is 3. The van der Waals surface area contributed by atoms with Gasteiger partial charge in [-0.05, 0) is 49.7 Å². The van der Waals surface area contributed by atoms with Crippen LogP contribution < -0.4 is 10.1 Å². The zero-order valence-electron chi connectivity index (χ0n) is 17.4. The molecular weight excluding hydrogens is 340 g/mol. The highest BCUT2D eigenvalue weighted by molar-refractivity contribution is 5.85. The van der Waals surface area contributed by atoms with Crippen LogP contribution in [0.5, 0.6) is 5.88 Å². The second-order valence-electron chi connectivity index (χ2n) is 8.93. The molecule has 6 heteroatoms. The molecule has 27 heavy (non-hydrogen) atoms. The average Bonchev–Trinajstić information content (AvgIpc) is 2.89. The van der Waals surface area contributed by atoms with Gasteiger partial charge >= 0.3 is 0 Å². The SMILES string of the molecule is Cc1cc(C)c2c(OCC(=O)NC3CCCCC3C(C)(C)C)nn(C)c2n1. The first-order chi connectivity index (χ1) is 12.7. The van der Waals surface area contributed by atoms with E-state index in [0.717, 1.165) is 28.7 Å². The molecule has 2 atom stereocenters. The van der Waals surface area contributed by atoms with Gasteiger partial charge in [-0.3, -0.25) is 4.79 Å². The third-order valence-corrected chi connectivity index (χ3v) is 5.65. The van der Waals surface area contributed by atoms with E-state index >= 15 is 0 Å². The van der Waals surface area contributed by atoms with Crippen molar-refractivity contribution in [3.63, 3.8) is 0 Å². The fourth-order valence-corrected chi connectivity index (χ4v) is 4.37. The van der Waals surface area contributed by atoms with Crippen LogP contribution in [0, 0.1) is 25.2 Å². The summed E-state index contributed by atoms with van der Waals surface area (Å²) in [6, 6.07) is 2.23. The number of pyridine rings is 1. The number of aromatic nitrogens is 3. The number of rotatable bonds is 4. The third kappa shape index (κ3) is 4.25. The van der Waals surface area contributed by atoms with Gasteiger partial charge in [-0.2, -0.15) is 0 Å². The van der Waals surface area contributed by atoms with Crippen molar-refractivity contribution in [2.75, 3.05) is 6.61 Å². The second kappa shape index (κ2) is 7.49. The lowest BCUT2D eigenvalue weighted by atomic mass is 9.69. The van der Waals surface area contributed by atoms with Gasteiger partial charge in [0.1, 0.15) is 0 Å². The first-order valence-electron chi connectivity index (χ1n) is 9.90. The van der Waals surface area contributed by atoms with Crippen LogP contribution in [0.1, 0.15) is 57.7 Å². The van der Waals surface area contributed by atoms with Crippen molar-refractivity contribution in [1.29, 1.82) is 0 Å². The van der Waals surface area contributed by atoms with Gasteiger partial charge in [0, 0.05) is 18.8 Å². The number of hydrogen-bond acceptors (Lipinski definition) is 4. The molecule has 0 bridgehead atoms. The van der Waals surface area contributed by atoms with Crippen molar-refractivity contribution in [1.82, 2.24) is 20.1 Å². The number of ether oxygens (including phenoxy) is 1. The Labute approximate surface area is 161 Å². The summed E-state index contributed by atoms with van der Waals surface area (Å²) in [5, 5.41) is 8.50. The van der Waals surface area contributed by atoms with Gasteiger partial charge < -0.3 is 10.1 Å². The van der Waals surface area contributed by atoms with E-state index in [4.69, 9.17) is 4.74 Å². The summed E-state index contributed by atoms with van der Waals surface area (Å²) >= 11 is 0. The van der Waals surface area contributed by atoms with Gasteiger partial charge in [-0.1, -0.05) is 33.6 Å². The standard InChI is InChI=1S/C21H32N4O2/c1-13-11-14(2)22-19-18(13)20(24-25(19)6)27-12-17(26)23-16-10-8-7-9-15(16)21(3,4)5/h11,15-16H,7-10,12H2,1-6H3,(H,23,26). The van der Waals surface area contributed by atoms with E-state index in [1.54, 1.807) is 4.68 Å².